The molecule has 0 unspecified atom stereocenters. The summed E-state index contributed by atoms with van der Waals surface area (Å²) in [6, 6.07) is 20.9. The van der Waals surface area contributed by atoms with Crippen molar-refractivity contribution < 1.29 is 38.4 Å². The predicted octanol–water partition coefficient (Wildman–Crippen LogP) is 2.49. The number of hydrogen-bond donors (Lipinski definition) is 13. The summed E-state index contributed by atoms with van der Waals surface area (Å²) in [5.41, 5.74) is 21.3. The molecule has 0 bridgehead atoms. The quantitative estimate of drug-likeness (QED) is 0.0230. The molecule has 2 aromatic heterocycles. The molecular weight excluding hydrogens is 1090 g/mol. The second kappa shape index (κ2) is 30.9. The van der Waals surface area contributed by atoms with Crippen LogP contribution in [-0.4, -0.2) is 124 Å². The summed E-state index contributed by atoms with van der Waals surface area (Å²) in [4.78, 5) is 119. The number of rotatable bonds is 30. The maximum absolute atomic E-state index is 14.8. The van der Waals surface area contributed by atoms with E-state index in [1.54, 1.807) is 62.6 Å². The molecule has 0 spiro atoms. The Morgan fingerprint density at radius 2 is 1.12 bits per heavy atom. The van der Waals surface area contributed by atoms with Gasteiger partial charge in [-0.05, 0) is 95.4 Å². The zero-order chi connectivity index (χ0) is 58.6. The van der Waals surface area contributed by atoms with Gasteiger partial charge in [0.15, 0.2) is 0 Å². The normalized spacial score (nSPS) is 14.3. The molecule has 0 aliphatic rings. The highest BCUT2D eigenvalue weighted by Crippen LogP contribution is 2.21. The smallest absolute Gasteiger partial charge is 0.244 e. The number of aromatic nitrogens is 2. The molecule has 14 N–H and O–H groups in total. The standard InChI is InChI=1S/C58H71ClN12O8S2/c1-33(2)50(58(79)70-49(32-81)56(77)66-45(51(62)72)26-35-16-19-37-11-3-4-12-38(37)24-35)71-53(74)44(15-7-8-22-60)65-55(76)47(28-39-30-64-43-14-6-5-13-41(39)43)68-54(75)46(27-36-10-9-23-63-29-36)67-57(78)48(31-80)69-52(73)42(61)25-34-17-20-40(59)21-18-34/h3-6,9-14,16-21,23-24,29-30,33,42,44-50,64,80-81H,7-8,15,22,25-28,31-32,60-61H2,1-2H3,(H2,62,72)(H,65,76)(H,66,77)(H,67,78)(H,68,75)(H,69,73)(H,70,79)(H,71,74)/t42-,44+,45+,46+,47+,48-,49+,50+/m1/s1. The molecule has 0 aliphatic carbocycles. The molecule has 0 fully saturated rings. The highest BCUT2D eigenvalue weighted by atomic mass is 35.5. The number of para-hydroxylation sites is 1. The van der Waals surface area contributed by atoms with Gasteiger partial charge in [0.25, 0.3) is 0 Å². The molecule has 0 saturated heterocycles. The van der Waals surface area contributed by atoms with Crippen molar-refractivity contribution in [3.63, 3.8) is 0 Å². The zero-order valence-electron chi connectivity index (χ0n) is 45.0. The van der Waals surface area contributed by atoms with Gasteiger partial charge >= 0.3 is 0 Å². The van der Waals surface area contributed by atoms with E-state index in [2.05, 4.69) is 72.4 Å². The van der Waals surface area contributed by atoms with E-state index < -0.39 is 102 Å². The van der Waals surface area contributed by atoms with Crippen molar-refractivity contribution in [3.05, 3.63) is 149 Å². The van der Waals surface area contributed by atoms with Crippen LogP contribution in [0.3, 0.4) is 0 Å². The maximum atomic E-state index is 14.8. The number of carbonyl (C=O) groups is 8. The van der Waals surface area contributed by atoms with Gasteiger partial charge in [0, 0.05) is 65.3 Å². The Morgan fingerprint density at radius 3 is 1.75 bits per heavy atom. The van der Waals surface area contributed by atoms with E-state index in [1.165, 1.54) is 6.20 Å². The third-order valence-electron chi connectivity index (χ3n) is 13.6. The molecule has 23 heteroatoms. The number of nitrogens with two attached hydrogens (primary N) is 3. The van der Waals surface area contributed by atoms with Gasteiger partial charge in [-0.15, -0.1) is 0 Å². The Balaban J connectivity index is 1.19. The Kier molecular flexibility index (Phi) is 23.9. The van der Waals surface area contributed by atoms with Gasteiger partial charge in [0.1, 0.15) is 42.3 Å². The SMILES string of the molecule is CC(C)[C@H](NC(=O)[C@H](CCCCN)NC(=O)[C@H](Cc1c[nH]c2ccccc12)NC(=O)[C@H](Cc1cccnc1)NC(=O)[C@@H](CS)NC(=O)[C@H](N)Cc1ccc(Cl)cc1)C(=O)N[C@@H](CS)C(=O)N[C@@H](Cc1ccc2ccccc2c1)C(N)=O. The highest BCUT2D eigenvalue weighted by Gasteiger charge is 2.35. The largest absolute Gasteiger partial charge is 0.368 e. The first-order valence-corrected chi connectivity index (χ1v) is 28.3. The third kappa shape index (κ3) is 18.5. The number of nitrogens with one attached hydrogen (secondary N) is 8. The van der Waals surface area contributed by atoms with Crippen molar-refractivity contribution in [1.82, 2.24) is 47.2 Å². The number of benzene rings is 4. The summed E-state index contributed by atoms with van der Waals surface area (Å²) in [5.74, 6) is -6.84. The van der Waals surface area contributed by atoms with E-state index in [0.29, 0.717) is 29.0 Å². The topological polar surface area (TPSA) is 328 Å². The van der Waals surface area contributed by atoms with Crippen LogP contribution in [0.2, 0.25) is 5.02 Å². The van der Waals surface area contributed by atoms with E-state index in [0.717, 1.165) is 32.8 Å². The van der Waals surface area contributed by atoms with Gasteiger partial charge < -0.3 is 59.4 Å². The van der Waals surface area contributed by atoms with E-state index in [1.807, 2.05) is 66.7 Å². The molecule has 20 nitrogen and oxygen atoms in total. The number of H-pyrrole nitrogens is 1. The minimum absolute atomic E-state index is 0.0717. The molecule has 81 heavy (non-hydrogen) atoms. The summed E-state index contributed by atoms with van der Waals surface area (Å²) < 4.78 is 0. The van der Waals surface area contributed by atoms with E-state index in [-0.39, 0.29) is 50.2 Å². The molecule has 0 radical (unpaired) electrons. The van der Waals surface area contributed by atoms with Crippen molar-refractivity contribution in [2.45, 2.75) is 107 Å². The minimum Gasteiger partial charge on any atom is -0.368 e. The monoisotopic (exact) mass is 1160 g/mol. The third-order valence-corrected chi connectivity index (χ3v) is 14.6. The Hall–Kier alpha value is -7.50. The molecule has 0 aliphatic heterocycles. The second-order valence-corrected chi connectivity index (χ2v) is 21.3. The molecule has 2 heterocycles. The van der Waals surface area contributed by atoms with Gasteiger partial charge in [-0.3, -0.25) is 43.3 Å². The van der Waals surface area contributed by atoms with Crippen LogP contribution in [0.5, 0.6) is 0 Å². The molecule has 6 rings (SSSR count). The molecule has 0 saturated carbocycles. The number of halogens is 1. The first kappa shape index (κ1) is 62.7. The lowest BCUT2D eigenvalue weighted by atomic mass is 10.00. The van der Waals surface area contributed by atoms with Crippen LogP contribution in [-0.2, 0) is 64.0 Å². The van der Waals surface area contributed by atoms with Crippen molar-refractivity contribution in [1.29, 1.82) is 0 Å². The zero-order valence-corrected chi connectivity index (χ0v) is 47.6. The number of hydrogen-bond acceptors (Lipinski definition) is 13. The van der Waals surface area contributed by atoms with Gasteiger partial charge in [-0.1, -0.05) is 104 Å². The van der Waals surface area contributed by atoms with E-state index in [4.69, 9.17) is 28.8 Å². The summed E-state index contributed by atoms with van der Waals surface area (Å²) >= 11 is 14.7. The number of amides is 8. The lowest BCUT2D eigenvalue weighted by Gasteiger charge is -2.29. The van der Waals surface area contributed by atoms with Crippen molar-refractivity contribution in [2.24, 2.45) is 23.1 Å². The van der Waals surface area contributed by atoms with Crippen LogP contribution in [0, 0.1) is 5.92 Å². The first-order chi connectivity index (χ1) is 38.9. The number of fused-ring (bicyclic) bond motifs is 2. The van der Waals surface area contributed by atoms with Gasteiger partial charge in [-0.25, -0.2) is 0 Å². The number of thiol groups is 2. The van der Waals surface area contributed by atoms with Crippen LogP contribution in [0.4, 0.5) is 0 Å². The van der Waals surface area contributed by atoms with Gasteiger partial charge in [-0.2, -0.15) is 25.3 Å². The van der Waals surface area contributed by atoms with Crippen molar-refractivity contribution in [3.8, 4) is 0 Å². The fourth-order valence-electron chi connectivity index (χ4n) is 9.05. The summed E-state index contributed by atoms with van der Waals surface area (Å²) in [6.45, 7) is 3.65. The number of nitrogens with zero attached hydrogens (tertiary/aromatic N) is 1. The maximum Gasteiger partial charge on any atom is 0.244 e. The lowest BCUT2D eigenvalue weighted by molar-refractivity contribution is -0.136. The molecule has 8 amide bonds. The fraction of sp³-hybridized carbons (Fsp3) is 0.362. The summed E-state index contributed by atoms with van der Waals surface area (Å²) in [5, 5.41) is 22.3. The average molecular weight is 1160 g/mol. The van der Waals surface area contributed by atoms with Crippen LogP contribution < -0.4 is 54.4 Å². The number of unbranched alkanes of at least 4 members (excludes halogenated alkanes) is 1. The lowest BCUT2D eigenvalue weighted by Crippen LogP contribution is -2.61. The second-order valence-electron chi connectivity index (χ2n) is 20.1. The van der Waals surface area contributed by atoms with Crippen molar-refractivity contribution in [2.75, 3.05) is 18.1 Å². The van der Waals surface area contributed by atoms with E-state index in [9.17, 15) is 38.4 Å². The Labute approximate surface area is 486 Å². The number of primary amides is 1. The predicted molar refractivity (Wildman–Crippen MR) is 319 cm³/mol. The van der Waals surface area contributed by atoms with Crippen LogP contribution in [0.15, 0.2) is 122 Å². The highest BCUT2D eigenvalue weighted by molar-refractivity contribution is 7.80. The summed E-state index contributed by atoms with van der Waals surface area (Å²) in [6.07, 6.45) is 5.75. The first-order valence-electron chi connectivity index (χ1n) is 26.6. The van der Waals surface area contributed by atoms with E-state index >= 15 is 0 Å². The van der Waals surface area contributed by atoms with Crippen molar-refractivity contribution >= 4 is 106 Å². The number of carbonyl (C=O) groups excluding carboxylic acids is 8. The molecule has 8 atom stereocenters. The number of aromatic amines is 1. The van der Waals surface area contributed by atoms with Gasteiger partial charge in [0.05, 0.1) is 6.04 Å². The van der Waals surface area contributed by atoms with Crippen LogP contribution in [0.25, 0.3) is 21.7 Å². The fourth-order valence-corrected chi connectivity index (χ4v) is 9.69. The Morgan fingerprint density at radius 1 is 0.568 bits per heavy atom. The molecule has 6 aromatic rings. The molecule has 4 aromatic carbocycles. The number of pyridine rings is 1. The molecule has 430 valence electrons. The minimum atomic E-state index is -1.37. The molecular formula is C58H71ClN12O8S2. The average Bonchev–Trinajstić information content (AvgIpc) is 3.87. The Bertz CT molecular complexity index is 3130. The van der Waals surface area contributed by atoms with Crippen LogP contribution in [0.1, 0.15) is 55.4 Å². The van der Waals surface area contributed by atoms with Gasteiger partial charge in [0.2, 0.25) is 47.3 Å². The van der Waals surface area contributed by atoms with Crippen LogP contribution >= 0.6 is 36.9 Å². The summed E-state index contributed by atoms with van der Waals surface area (Å²) in [7, 11) is 0.